The molecule has 2 bridgehead atoms. The van der Waals surface area contributed by atoms with Crippen molar-refractivity contribution in [1.82, 2.24) is 0 Å². The van der Waals surface area contributed by atoms with E-state index in [9.17, 15) is 10.1 Å². The highest BCUT2D eigenvalue weighted by Crippen LogP contribution is 2.46. The molecule has 3 rings (SSSR count). The fourth-order valence-corrected chi connectivity index (χ4v) is 3.21. The van der Waals surface area contributed by atoms with Gasteiger partial charge in [0.15, 0.2) is 0 Å². The van der Waals surface area contributed by atoms with Gasteiger partial charge >= 0.3 is 0 Å². The number of benzene rings is 1. The van der Waals surface area contributed by atoms with E-state index in [-0.39, 0.29) is 5.69 Å². The Labute approximate surface area is 117 Å². The summed E-state index contributed by atoms with van der Waals surface area (Å²) in [5, 5.41) is 14.8. The number of non-ortho nitro benzene ring substituents is 1. The molecule has 2 aliphatic carbocycles. The van der Waals surface area contributed by atoms with Crippen molar-refractivity contribution in [3.63, 3.8) is 0 Å². The summed E-state index contributed by atoms with van der Waals surface area (Å²) in [4.78, 5) is 10.2. The summed E-state index contributed by atoms with van der Waals surface area (Å²) in [5.41, 5.74) is 3.79. The van der Waals surface area contributed by atoms with Crippen molar-refractivity contribution in [1.29, 1.82) is 0 Å². The maximum absolute atomic E-state index is 10.6. The Morgan fingerprint density at radius 2 is 2.00 bits per heavy atom. The molecular formula is C15H17N3O2. The Hall–Kier alpha value is -2.17. The largest absolute Gasteiger partial charge is 0.279 e. The molecule has 1 aromatic rings. The van der Waals surface area contributed by atoms with Gasteiger partial charge in [-0.25, -0.2) is 0 Å². The lowest BCUT2D eigenvalue weighted by molar-refractivity contribution is -0.384. The Morgan fingerprint density at radius 1 is 1.30 bits per heavy atom. The lowest BCUT2D eigenvalue weighted by atomic mass is 9.85. The predicted octanol–water partition coefficient (Wildman–Crippen LogP) is 3.45. The van der Waals surface area contributed by atoms with Crippen LogP contribution in [0.2, 0.25) is 0 Å². The standard InChI is InChI=1S/C15H17N3O2/c1-10-11-2-3-12(8-11)15(10)9-16-17-13-4-6-14(7-5-13)18(19)20/h2-7,9-12,15,17H,8H2,1H3/b16-9-/t10-,11-,12-,15-/m0/s1. The van der Waals surface area contributed by atoms with E-state index < -0.39 is 4.92 Å². The summed E-state index contributed by atoms with van der Waals surface area (Å²) in [5.74, 6) is 2.47. The fourth-order valence-electron chi connectivity index (χ4n) is 3.21. The predicted molar refractivity (Wildman–Crippen MR) is 78.6 cm³/mol. The van der Waals surface area contributed by atoms with Gasteiger partial charge in [0.25, 0.3) is 5.69 Å². The van der Waals surface area contributed by atoms with Crippen LogP contribution >= 0.6 is 0 Å². The number of rotatable bonds is 4. The smallest absolute Gasteiger partial charge is 0.269 e. The zero-order valence-electron chi connectivity index (χ0n) is 11.3. The molecule has 0 aliphatic heterocycles. The Kier molecular flexibility index (Phi) is 3.26. The van der Waals surface area contributed by atoms with Crippen molar-refractivity contribution in [3.8, 4) is 0 Å². The lowest BCUT2D eigenvalue weighted by Gasteiger charge is -2.20. The molecule has 0 amide bonds. The van der Waals surface area contributed by atoms with E-state index in [4.69, 9.17) is 0 Å². The minimum Gasteiger partial charge on any atom is -0.279 e. The van der Waals surface area contributed by atoms with Crippen LogP contribution in [-0.4, -0.2) is 11.1 Å². The summed E-state index contributed by atoms with van der Waals surface area (Å²) >= 11 is 0. The number of hydrazone groups is 1. The summed E-state index contributed by atoms with van der Waals surface area (Å²) < 4.78 is 0. The molecule has 1 N–H and O–H groups in total. The first-order chi connectivity index (χ1) is 9.65. The van der Waals surface area contributed by atoms with Crippen LogP contribution in [-0.2, 0) is 0 Å². The number of hydrogen-bond acceptors (Lipinski definition) is 4. The van der Waals surface area contributed by atoms with Crippen LogP contribution in [0, 0.1) is 33.8 Å². The molecular weight excluding hydrogens is 254 g/mol. The van der Waals surface area contributed by atoms with Gasteiger partial charge in [-0.05, 0) is 36.3 Å². The number of anilines is 1. The van der Waals surface area contributed by atoms with Crippen LogP contribution in [0.4, 0.5) is 11.4 Å². The Balaban J connectivity index is 1.60. The van der Waals surface area contributed by atoms with E-state index >= 15 is 0 Å². The van der Waals surface area contributed by atoms with E-state index in [1.165, 1.54) is 18.6 Å². The van der Waals surface area contributed by atoms with Crippen molar-refractivity contribution in [2.45, 2.75) is 13.3 Å². The zero-order valence-corrected chi connectivity index (χ0v) is 11.3. The molecule has 0 unspecified atom stereocenters. The van der Waals surface area contributed by atoms with Crippen molar-refractivity contribution in [2.75, 3.05) is 5.43 Å². The molecule has 1 fully saturated rings. The second-order valence-electron chi connectivity index (χ2n) is 5.58. The molecule has 0 radical (unpaired) electrons. The molecule has 5 nitrogen and oxygen atoms in total. The van der Waals surface area contributed by atoms with Crippen molar-refractivity contribution >= 4 is 17.6 Å². The van der Waals surface area contributed by atoms with E-state index in [1.54, 1.807) is 12.1 Å². The number of hydrogen-bond donors (Lipinski definition) is 1. The minimum absolute atomic E-state index is 0.0893. The molecule has 2 aliphatic rings. The lowest BCUT2D eigenvalue weighted by Crippen LogP contribution is -2.18. The molecule has 4 atom stereocenters. The molecule has 104 valence electrons. The Bertz CT molecular complexity index is 565. The molecule has 1 saturated carbocycles. The van der Waals surface area contributed by atoms with Gasteiger partial charge in [-0.15, -0.1) is 0 Å². The van der Waals surface area contributed by atoms with Gasteiger partial charge in [0.05, 0.1) is 10.6 Å². The first-order valence-corrected chi connectivity index (χ1v) is 6.87. The maximum Gasteiger partial charge on any atom is 0.269 e. The highest BCUT2D eigenvalue weighted by atomic mass is 16.6. The fraction of sp³-hybridized carbons (Fsp3) is 0.400. The van der Waals surface area contributed by atoms with Gasteiger partial charge in [-0.3, -0.25) is 15.5 Å². The van der Waals surface area contributed by atoms with E-state index in [2.05, 4.69) is 29.6 Å². The number of nitro groups is 1. The highest BCUT2D eigenvalue weighted by Gasteiger charge is 2.40. The third-order valence-corrected chi connectivity index (χ3v) is 4.45. The average Bonchev–Trinajstić information content (AvgIpc) is 3.02. The van der Waals surface area contributed by atoms with Crippen LogP contribution in [0.15, 0.2) is 41.5 Å². The highest BCUT2D eigenvalue weighted by molar-refractivity contribution is 5.65. The topological polar surface area (TPSA) is 67.5 Å². The van der Waals surface area contributed by atoms with E-state index in [0.717, 1.165) is 5.69 Å². The molecule has 0 aromatic heterocycles. The number of allylic oxidation sites excluding steroid dienone is 2. The molecule has 20 heavy (non-hydrogen) atoms. The second-order valence-corrected chi connectivity index (χ2v) is 5.58. The van der Waals surface area contributed by atoms with Crippen molar-refractivity contribution in [2.24, 2.45) is 28.8 Å². The number of nitrogens with zero attached hydrogens (tertiary/aromatic N) is 2. The number of fused-ring (bicyclic) bond motifs is 2. The summed E-state index contributed by atoms with van der Waals surface area (Å²) in [6.45, 7) is 2.27. The average molecular weight is 271 g/mol. The van der Waals surface area contributed by atoms with Crippen LogP contribution in [0.5, 0.6) is 0 Å². The van der Waals surface area contributed by atoms with Crippen molar-refractivity contribution < 1.29 is 4.92 Å². The van der Waals surface area contributed by atoms with Crippen LogP contribution in [0.1, 0.15) is 13.3 Å². The van der Waals surface area contributed by atoms with Gasteiger partial charge in [-0.1, -0.05) is 19.1 Å². The molecule has 1 aromatic carbocycles. The summed E-state index contributed by atoms with van der Waals surface area (Å²) in [7, 11) is 0. The van der Waals surface area contributed by atoms with Crippen LogP contribution in [0.3, 0.4) is 0 Å². The monoisotopic (exact) mass is 271 g/mol. The zero-order chi connectivity index (χ0) is 14.1. The quantitative estimate of drug-likeness (QED) is 0.394. The summed E-state index contributed by atoms with van der Waals surface area (Å²) in [6.07, 6.45) is 7.85. The molecule has 5 heteroatoms. The van der Waals surface area contributed by atoms with Crippen LogP contribution < -0.4 is 5.43 Å². The normalized spacial score (nSPS) is 31.1. The third kappa shape index (κ3) is 2.31. The maximum atomic E-state index is 10.6. The molecule has 0 spiro atoms. The number of nitro benzene ring substituents is 1. The van der Waals surface area contributed by atoms with Gasteiger partial charge in [-0.2, -0.15) is 5.10 Å². The van der Waals surface area contributed by atoms with E-state index in [1.807, 2.05) is 6.21 Å². The Morgan fingerprint density at radius 3 is 2.60 bits per heavy atom. The summed E-state index contributed by atoms with van der Waals surface area (Å²) in [6, 6.07) is 6.28. The first kappa shape index (κ1) is 12.8. The molecule has 0 heterocycles. The minimum atomic E-state index is -0.406. The van der Waals surface area contributed by atoms with Crippen LogP contribution in [0.25, 0.3) is 0 Å². The first-order valence-electron chi connectivity index (χ1n) is 6.87. The second kappa shape index (κ2) is 5.07. The van der Waals surface area contributed by atoms with Gasteiger partial charge in [0, 0.05) is 24.3 Å². The van der Waals surface area contributed by atoms with Gasteiger partial charge < -0.3 is 0 Å². The van der Waals surface area contributed by atoms with Crippen molar-refractivity contribution in [3.05, 3.63) is 46.5 Å². The third-order valence-electron chi connectivity index (χ3n) is 4.45. The van der Waals surface area contributed by atoms with E-state index in [0.29, 0.717) is 23.7 Å². The molecule has 0 saturated heterocycles. The van der Waals surface area contributed by atoms with Gasteiger partial charge in [0.1, 0.15) is 0 Å². The number of nitrogens with one attached hydrogen (secondary N) is 1. The SMILES string of the molecule is C[C@@H]1[C@H](/C=N\Nc2ccc([N+](=O)[O-])cc2)[C@H]2C=C[C@H]1C2. The van der Waals surface area contributed by atoms with Gasteiger partial charge in [0.2, 0.25) is 0 Å².